The van der Waals surface area contributed by atoms with Crippen LogP contribution in [-0.4, -0.2) is 67.4 Å². The van der Waals surface area contributed by atoms with E-state index in [0.29, 0.717) is 6.54 Å². The first-order chi connectivity index (χ1) is 7.13. The average molecular weight is 216 g/mol. The molecule has 1 rings (SSSR count). The molecule has 1 aliphatic heterocycles. The number of nitrogens with zero attached hydrogens (tertiary/aromatic N) is 2. The molecule has 1 fully saturated rings. The highest BCUT2D eigenvalue weighted by atomic mass is 16.6. The Bertz CT molecular complexity index is 209. The summed E-state index contributed by atoms with van der Waals surface area (Å²) in [7, 11) is 4.02. The summed E-state index contributed by atoms with van der Waals surface area (Å²) in [6.45, 7) is 2.32. The fourth-order valence-corrected chi connectivity index (χ4v) is 1.58. The Labute approximate surface area is 90.6 Å². The lowest BCUT2D eigenvalue weighted by atomic mass is 10.2. The molecule has 0 aromatic rings. The van der Waals surface area contributed by atoms with E-state index in [1.807, 2.05) is 14.1 Å². The zero-order chi connectivity index (χ0) is 11.3. The summed E-state index contributed by atoms with van der Waals surface area (Å²) >= 11 is 0. The van der Waals surface area contributed by atoms with Crippen LogP contribution in [0.1, 0.15) is 12.8 Å². The Kier molecular flexibility index (Phi) is 4.84. The van der Waals surface area contributed by atoms with Gasteiger partial charge in [0.1, 0.15) is 6.10 Å². The highest BCUT2D eigenvalue weighted by Gasteiger charge is 2.25. The molecular weight excluding hydrogens is 196 g/mol. The lowest BCUT2D eigenvalue weighted by molar-refractivity contribution is -0.00143. The topological polar surface area (TPSA) is 53.0 Å². The number of cyclic esters (lactones) is 1. The standard InChI is InChI=1S/C10H20N2O3/c1-11(2)5-3-6-12-7-4-9(8-13)15-10(12)14/h9,13H,3-8H2,1-2H3. The van der Waals surface area contributed by atoms with Crippen molar-refractivity contribution in [2.45, 2.75) is 18.9 Å². The van der Waals surface area contributed by atoms with E-state index >= 15 is 0 Å². The van der Waals surface area contributed by atoms with Crippen LogP contribution in [0.5, 0.6) is 0 Å². The summed E-state index contributed by atoms with van der Waals surface area (Å²) in [6.07, 6.45) is 1.08. The molecule has 1 unspecified atom stereocenters. The predicted octanol–water partition coefficient (Wildman–Crippen LogP) is 0.141. The molecule has 0 spiro atoms. The molecule has 88 valence electrons. The minimum Gasteiger partial charge on any atom is -0.444 e. The number of amides is 1. The maximum absolute atomic E-state index is 11.4. The third-order valence-corrected chi connectivity index (χ3v) is 2.48. The van der Waals surface area contributed by atoms with E-state index in [4.69, 9.17) is 9.84 Å². The molecular formula is C10H20N2O3. The molecule has 0 aromatic heterocycles. The minimum atomic E-state index is -0.303. The van der Waals surface area contributed by atoms with Crippen LogP contribution < -0.4 is 0 Å². The van der Waals surface area contributed by atoms with Crippen LogP contribution in [0.4, 0.5) is 4.79 Å². The van der Waals surface area contributed by atoms with Crippen molar-refractivity contribution < 1.29 is 14.6 Å². The number of hydrogen-bond acceptors (Lipinski definition) is 4. The number of hydrogen-bond donors (Lipinski definition) is 1. The van der Waals surface area contributed by atoms with Gasteiger partial charge in [-0.3, -0.25) is 0 Å². The minimum absolute atomic E-state index is 0.0721. The average Bonchev–Trinajstić information content (AvgIpc) is 2.20. The van der Waals surface area contributed by atoms with Crippen molar-refractivity contribution in [3.63, 3.8) is 0 Å². The summed E-state index contributed by atoms with van der Waals surface area (Å²) in [5, 5.41) is 8.84. The second-order valence-corrected chi connectivity index (χ2v) is 4.12. The molecule has 15 heavy (non-hydrogen) atoms. The Morgan fingerprint density at radius 3 is 2.87 bits per heavy atom. The molecule has 5 nitrogen and oxygen atoms in total. The second kappa shape index (κ2) is 5.92. The number of rotatable bonds is 5. The van der Waals surface area contributed by atoms with E-state index in [1.54, 1.807) is 4.90 Å². The number of carbonyl (C=O) groups is 1. The van der Waals surface area contributed by atoms with Gasteiger partial charge in [0.15, 0.2) is 0 Å². The number of ether oxygens (including phenoxy) is 1. The van der Waals surface area contributed by atoms with Crippen molar-refractivity contribution in [3.8, 4) is 0 Å². The van der Waals surface area contributed by atoms with Gasteiger partial charge in [0.05, 0.1) is 6.61 Å². The van der Waals surface area contributed by atoms with Crippen molar-refractivity contribution >= 4 is 6.09 Å². The van der Waals surface area contributed by atoms with Gasteiger partial charge in [0.2, 0.25) is 0 Å². The van der Waals surface area contributed by atoms with Crippen molar-refractivity contribution in [2.75, 3.05) is 40.3 Å². The first kappa shape index (κ1) is 12.3. The van der Waals surface area contributed by atoms with E-state index in [-0.39, 0.29) is 18.8 Å². The third-order valence-electron chi connectivity index (χ3n) is 2.48. The second-order valence-electron chi connectivity index (χ2n) is 4.12. The van der Waals surface area contributed by atoms with Gasteiger partial charge in [-0.1, -0.05) is 0 Å². The molecule has 1 aliphatic rings. The van der Waals surface area contributed by atoms with Crippen LogP contribution in [0.3, 0.4) is 0 Å². The Hall–Kier alpha value is -0.810. The number of aliphatic hydroxyl groups excluding tert-OH is 1. The van der Waals surface area contributed by atoms with E-state index in [2.05, 4.69) is 4.90 Å². The van der Waals surface area contributed by atoms with Crippen molar-refractivity contribution in [3.05, 3.63) is 0 Å². The van der Waals surface area contributed by atoms with Gasteiger partial charge in [-0.25, -0.2) is 4.79 Å². The lowest BCUT2D eigenvalue weighted by Crippen LogP contribution is -2.44. The van der Waals surface area contributed by atoms with E-state index in [0.717, 1.165) is 25.9 Å². The van der Waals surface area contributed by atoms with E-state index in [1.165, 1.54) is 0 Å². The summed E-state index contributed by atoms with van der Waals surface area (Å²) in [5.74, 6) is 0. The molecule has 0 saturated carbocycles. The Balaban J connectivity index is 2.23. The van der Waals surface area contributed by atoms with Crippen LogP contribution in [-0.2, 0) is 4.74 Å². The number of carbonyl (C=O) groups excluding carboxylic acids is 1. The zero-order valence-corrected chi connectivity index (χ0v) is 9.48. The summed E-state index contributed by atoms with van der Waals surface area (Å²) in [6, 6.07) is 0. The monoisotopic (exact) mass is 216 g/mol. The highest BCUT2D eigenvalue weighted by molar-refractivity contribution is 5.68. The van der Waals surface area contributed by atoms with Gasteiger partial charge in [0, 0.05) is 19.5 Å². The molecule has 0 radical (unpaired) electrons. The fraction of sp³-hybridized carbons (Fsp3) is 0.900. The molecule has 0 aliphatic carbocycles. The Morgan fingerprint density at radius 1 is 1.60 bits per heavy atom. The van der Waals surface area contributed by atoms with Gasteiger partial charge >= 0.3 is 6.09 Å². The van der Waals surface area contributed by atoms with E-state index < -0.39 is 0 Å². The summed E-state index contributed by atoms with van der Waals surface area (Å²) < 4.78 is 5.03. The molecule has 0 aromatic carbocycles. The fourth-order valence-electron chi connectivity index (χ4n) is 1.58. The van der Waals surface area contributed by atoms with Gasteiger partial charge in [-0.2, -0.15) is 0 Å². The molecule has 1 heterocycles. The largest absolute Gasteiger partial charge is 0.444 e. The SMILES string of the molecule is CN(C)CCCN1CCC(CO)OC1=O. The first-order valence-corrected chi connectivity index (χ1v) is 5.34. The van der Waals surface area contributed by atoms with Crippen LogP contribution in [0.25, 0.3) is 0 Å². The maximum Gasteiger partial charge on any atom is 0.410 e. The van der Waals surface area contributed by atoms with Gasteiger partial charge < -0.3 is 19.6 Å². The third kappa shape index (κ3) is 4.05. The van der Waals surface area contributed by atoms with Crippen LogP contribution in [0.2, 0.25) is 0 Å². The quantitative estimate of drug-likeness (QED) is 0.710. The zero-order valence-electron chi connectivity index (χ0n) is 9.48. The van der Waals surface area contributed by atoms with Gasteiger partial charge in [0.25, 0.3) is 0 Å². The smallest absolute Gasteiger partial charge is 0.410 e. The van der Waals surface area contributed by atoms with E-state index in [9.17, 15) is 4.79 Å². The molecule has 0 bridgehead atoms. The van der Waals surface area contributed by atoms with Gasteiger partial charge in [-0.05, 0) is 27.1 Å². The molecule has 1 atom stereocenters. The molecule has 5 heteroatoms. The molecule has 1 amide bonds. The summed E-state index contributed by atoms with van der Waals surface area (Å²) in [4.78, 5) is 15.2. The normalized spacial score (nSPS) is 22.0. The predicted molar refractivity (Wildman–Crippen MR) is 56.7 cm³/mol. The molecule has 1 saturated heterocycles. The first-order valence-electron chi connectivity index (χ1n) is 5.34. The summed E-state index contributed by atoms with van der Waals surface area (Å²) in [5.41, 5.74) is 0. The highest BCUT2D eigenvalue weighted by Crippen LogP contribution is 2.11. The van der Waals surface area contributed by atoms with Gasteiger partial charge in [-0.15, -0.1) is 0 Å². The van der Waals surface area contributed by atoms with Crippen molar-refractivity contribution in [1.82, 2.24) is 9.80 Å². The number of aliphatic hydroxyl groups is 1. The van der Waals surface area contributed by atoms with Crippen LogP contribution in [0.15, 0.2) is 0 Å². The maximum atomic E-state index is 11.4. The Morgan fingerprint density at radius 2 is 2.33 bits per heavy atom. The van der Waals surface area contributed by atoms with Crippen LogP contribution >= 0.6 is 0 Å². The molecule has 1 N–H and O–H groups in total. The lowest BCUT2D eigenvalue weighted by Gasteiger charge is -2.31. The van der Waals surface area contributed by atoms with Crippen molar-refractivity contribution in [2.24, 2.45) is 0 Å². The van der Waals surface area contributed by atoms with Crippen LogP contribution in [0, 0.1) is 0 Å². The van der Waals surface area contributed by atoms with Crippen molar-refractivity contribution in [1.29, 1.82) is 0 Å².